The summed E-state index contributed by atoms with van der Waals surface area (Å²) in [6.07, 6.45) is 0.874. The molecule has 0 bridgehead atoms. The van der Waals surface area contributed by atoms with E-state index in [-0.39, 0.29) is 12.5 Å². The number of likely N-dealkylation sites (tertiary alicyclic amines) is 1. The van der Waals surface area contributed by atoms with Gasteiger partial charge >= 0.3 is 6.09 Å². The van der Waals surface area contributed by atoms with Crippen molar-refractivity contribution in [3.63, 3.8) is 0 Å². The summed E-state index contributed by atoms with van der Waals surface area (Å²) in [7, 11) is 1.66. The van der Waals surface area contributed by atoms with E-state index in [1.54, 1.807) is 31.3 Å². The van der Waals surface area contributed by atoms with E-state index < -0.39 is 12.1 Å². The number of likely N-dealkylation sites (N-methyl/N-ethyl adjacent to an activating group) is 1. The van der Waals surface area contributed by atoms with Gasteiger partial charge in [-0.25, -0.2) is 4.79 Å². The number of hydrogen-bond acceptors (Lipinski definition) is 4. The van der Waals surface area contributed by atoms with Crippen LogP contribution in [-0.4, -0.2) is 36.5 Å². The molecule has 2 aromatic rings. The van der Waals surface area contributed by atoms with Crippen LogP contribution in [0, 0.1) is 11.3 Å². The zero-order chi connectivity index (χ0) is 19.2. The molecule has 1 aliphatic rings. The molecule has 1 fully saturated rings. The number of hydrogen-bond donors (Lipinski definition) is 0. The second kappa shape index (κ2) is 8.37. The van der Waals surface area contributed by atoms with Crippen LogP contribution in [-0.2, 0) is 16.1 Å². The van der Waals surface area contributed by atoms with Crippen molar-refractivity contribution >= 4 is 17.7 Å². The Balaban J connectivity index is 1.66. The van der Waals surface area contributed by atoms with Gasteiger partial charge in [-0.2, -0.15) is 5.26 Å². The van der Waals surface area contributed by atoms with E-state index in [2.05, 4.69) is 6.07 Å². The van der Waals surface area contributed by atoms with Gasteiger partial charge in [-0.15, -0.1) is 0 Å². The highest BCUT2D eigenvalue weighted by Crippen LogP contribution is 2.23. The van der Waals surface area contributed by atoms with E-state index >= 15 is 0 Å². The van der Waals surface area contributed by atoms with Gasteiger partial charge in [0.05, 0.1) is 11.6 Å². The molecule has 1 saturated heterocycles. The summed E-state index contributed by atoms with van der Waals surface area (Å²) in [6, 6.07) is 17.8. The normalized spacial score (nSPS) is 15.9. The highest BCUT2D eigenvalue weighted by Gasteiger charge is 2.37. The van der Waals surface area contributed by atoms with Crippen molar-refractivity contribution in [3.05, 3.63) is 65.7 Å². The Bertz CT molecular complexity index is 860. The Hall–Kier alpha value is -3.33. The molecule has 27 heavy (non-hydrogen) atoms. The van der Waals surface area contributed by atoms with E-state index in [1.165, 1.54) is 9.80 Å². The van der Waals surface area contributed by atoms with Crippen LogP contribution in [0.25, 0.3) is 0 Å². The minimum Gasteiger partial charge on any atom is -0.445 e. The molecule has 2 aromatic carbocycles. The number of nitrogens with zero attached hydrogens (tertiary/aromatic N) is 3. The largest absolute Gasteiger partial charge is 0.445 e. The van der Waals surface area contributed by atoms with Crippen LogP contribution < -0.4 is 4.90 Å². The minimum atomic E-state index is -0.552. The molecule has 0 spiro atoms. The lowest BCUT2D eigenvalue weighted by atomic mass is 10.1. The maximum absolute atomic E-state index is 12.9. The van der Waals surface area contributed by atoms with Crippen molar-refractivity contribution in [1.82, 2.24) is 4.90 Å². The first kappa shape index (κ1) is 18.5. The van der Waals surface area contributed by atoms with Crippen molar-refractivity contribution < 1.29 is 14.3 Å². The van der Waals surface area contributed by atoms with Gasteiger partial charge in [-0.1, -0.05) is 36.4 Å². The van der Waals surface area contributed by atoms with Crippen LogP contribution in [0.4, 0.5) is 10.5 Å². The van der Waals surface area contributed by atoms with Crippen LogP contribution >= 0.6 is 0 Å². The van der Waals surface area contributed by atoms with E-state index in [9.17, 15) is 9.59 Å². The molecule has 0 aromatic heterocycles. The van der Waals surface area contributed by atoms with Crippen molar-refractivity contribution in [2.24, 2.45) is 0 Å². The van der Waals surface area contributed by atoms with E-state index in [0.29, 0.717) is 24.2 Å². The van der Waals surface area contributed by atoms with E-state index in [1.807, 2.05) is 30.3 Å². The monoisotopic (exact) mass is 363 g/mol. The number of amides is 2. The molecule has 0 aliphatic carbocycles. The summed E-state index contributed by atoms with van der Waals surface area (Å²) in [6.45, 7) is 0.674. The number of rotatable bonds is 4. The molecule has 2 amide bonds. The van der Waals surface area contributed by atoms with Crippen LogP contribution in [0.1, 0.15) is 24.0 Å². The lowest BCUT2D eigenvalue weighted by Crippen LogP contribution is -2.46. The van der Waals surface area contributed by atoms with Crippen LogP contribution in [0.2, 0.25) is 0 Å². The van der Waals surface area contributed by atoms with Gasteiger partial charge in [0.2, 0.25) is 5.91 Å². The Morgan fingerprint density at radius 3 is 2.74 bits per heavy atom. The Kier molecular flexibility index (Phi) is 5.72. The topological polar surface area (TPSA) is 73.6 Å². The second-order valence-electron chi connectivity index (χ2n) is 6.45. The Morgan fingerprint density at radius 1 is 1.22 bits per heavy atom. The van der Waals surface area contributed by atoms with Gasteiger partial charge < -0.3 is 9.64 Å². The molecule has 0 saturated carbocycles. The molecule has 1 aliphatic heterocycles. The smallest absolute Gasteiger partial charge is 0.410 e. The fourth-order valence-corrected chi connectivity index (χ4v) is 3.18. The SMILES string of the molecule is CN(C(=O)[C@@H]1CCCN1C(=O)OCc1ccccc1)c1cccc(C#N)c1. The first-order valence-corrected chi connectivity index (χ1v) is 8.85. The summed E-state index contributed by atoms with van der Waals surface area (Å²) in [4.78, 5) is 28.4. The summed E-state index contributed by atoms with van der Waals surface area (Å²) < 4.78 is 5.39. The molecular weight excluding hydrogens is 342 g/mol. The molecule has 1 heterocycles. The zero-order valence-corrected chi connectivity index (χ0v) is 15.2. The van der Waals surface area contributed by atoms with E-state index in [0.717, 1.165) is 12.0 Å². The Morgan fingerprint density at radius 2 is 2.00 bits per heavy atom. The van der Waals surface area contributed by atoms with Gasteiger partial charge in [0.25, 0.3) is 0 Å². The zero-order valence-electron chi connectivity index (χ0n) is 15.2. The fourth-order valence-electron chi connectivity index (χ4n) is 3.18. The quantitative estimate of drug-likeness (QED) is 0.835. The maximum atomic E-state index is 12.9. The summed E-state index contributed by atoms with van der Waals surface area (Å²) in [5, 5.41) is 9.04. The lowest BCUT2D eigenvalue weighted by molar-refractivity contribution is -0.122. The molecule has 6 heteroatoms. The highest BCUT2D eigenvalue weighted by molar-refractivity contribution is 5.98. The average molecular weight is 363 g/mol. The van der Waals surface area contributed by atoms with Gasteiger partial charge in [0, 0.05) is 19.3 Å². The first-order chi connectivity index (χ1) is 13.1. The molecule has 0 unspecified atom stereocenters. The van der Waals surface area contributed by atoms with Gasteiger partial charge in [-0.05, 0) is 36.6 Å². The number of benzene rings is 2. The molecule has 138 valence electrons. The number of carbonyl (C=O) groups is 2. The van der Waals surface area contributed by atoms with Crippen LogP contribution in [0.15, 0.2) is 54.6 Å². The standard InChI is InChI=1S/C21H21N3O3/c1-23(18-10-5-9-17(13-18)14-22)20(25)19-11-6-12-24(19)21(26)27-15-16-7-3-2-4-8-16/h2-5,7-10,13,19H,6,11-12,15H2,1H3/t19-/m0/s1. The first-order valence-electron chi connectivity index (χ1n) is 8.85. The highest BCUT2D eigenvalue weighted by atomic mass is 16.6. The van der Waals surface area contributed by atoms with Gasteiger partial charge in [0.1, 0.15) is 12.6 Å². The van der Waals surface area contributed by atoms with Crippen LogP contribution in [0.5, 0.6) is 0 Å². The second-order valence-corrected chi connectivity index (χ2v) is 6.45. The Labute approximate surface area is 158 Å². The summed E-state index contributed by atoms with van der Waals surface area (Å²) >= 11 is 0. The number of anilines is 1. The predicted molar refractivity (Wildman–Crippen MR) is 101 cm³/mol. The lowest BCUT2D eigenvalue weighted by Gasteiger charge is -2.27. The molecule has 1 atom stereocenters. The molecule has 6 nitrogen and oxygen atoms in total. The number of ether oxygens (including phenoxy) is 1. The van der Waals surface area contributed by atoms with Crippen LogP contribution in [0.3, 0.4) is 0 Å². The predicted octanol–water partition coefficient (Wildman–Crippen LogP) is 3.32. The third-order valence-corrected chi connectivity index (χ3v) is 4.67. The van der Waals surface area contributed by atoms with Gasteiger partial charge in [-0.3, -0.25) is 9.69 Å². The van der Waals surface area contributed by atoms with Crippen molar-refractivity contribution in [3.8, 4) is 6.07 Å². The average Bonchev–Trinajstić information content (AvgIpc) is 3.21. The van der Waals surface area contributed by atoms with Gasteiger partial charge in [0.15, 0.2) is 0 Å². The fraction of sp³-hybridized carbons (Fsp3) is 0.286. The molecule has 0 radical (unpaired) electrons. The number of nitriles is 1. The van der Waals surface area contributed by atoms with Crippen molar-refractivity contribution in [1.29, 1.82) is 5.26 Å². The molecule has 0 N–H and O–H groups in total. The molecule has 3 rings (SSSR count). The summed E-state index contributed by atoms with van der Waals surface area (Å²) in [5.41, 5.74) is 2.01. The maximum Gasteiger partial charge on any atom is 0.410 e. The molecular formula is C21H21N3O3. The van der Waals surface area contributed by atoms with E-state index in [4.69, 9.17) is 10.00 Å². The summed E-state index contributed by atoms with van der Waals surface area (Å²) in [5.74, 6) is -0.181. The van der Waals surface area contributed by atoms with Crippen molar-refractivity contribution in [2.45, 2.75) is 25.5 Å². The number of carbonyl (C=O) groups excluding carboxylic acids is 2. The third kappa shape index (κ3) is 4.26. The minimum absolute atomic E-state index is 0.178. The van der Waals surface area contributed by atoms with Crippen molar-refractivity contribution in [2.75, 3.05) is 18.5 Å². The third-order valence-electron chi connectivity index (χ3n) is 4.67.